The number of nitrogens with zero attached hydrogens (tertiary/aromatic N) is 2. The molecule has 0 fully saturated rings. The van der Waals surface area contributed by atoms with Crippen molar-refractivity contribution >= 4 is 23.2 Å². The molecule has 0 aliphatic heterocycles. The van der Waals surface area contributed by atoms with Crippen LogP contribution in [0.1, 0.15) is 19.4 Å². The van der Waals surface area contributed by atoms with E-state index in [1.54, 1.807) is 30.6 Å². The van der Waals surface area contributed by atoms with Gasteiger partial charge >= 0.3 is 6.01 Å². The summed E-state index contributed by atoms with van der Waals surface area (Å²) in [6, 6.07) is 5.23. The Bertz CT molecular complexity index is 568. The fraction of sp³-hybridized carbons (Fsp3) is 0.333. The van der Waals surface area contributed by atoms with Gasteiger partial charge in [-0.1, -0.05) is 37.0 Å². The van der Waals surface area contributed by atoms with Gasteiger partial charge in [-0.15, -0.1) is 0 Å². The zero-order valence-corrected chi connectivity index (χ0v) is 13.4. The first-order valence-corrected chi connectivity index (χ1v) is 7.44. The van der Waals surface area contributed by atoms with E-state index < -0.39 is 0 Å². The van der Waals surface area contributed by atoms with Crippen LogP contribution in [-0.2, 0) is 6.54 Å². The Morgan fingerprint density at radius 1 is 1.10 bits per heavy atom. The normalized spacial score (nSPS) is 10.9. The van der Waals surface area contributed by atoms with Gasteiger partial charge in [-0.2, -0.15) is 0 Å². The lowest BCUT2D eigenvalue weighted by Gasteiger charge is -2.08. The zero-order valence-electron chi connectivity index (χ0n) is 11.9. The molecule has 1 aromatic heterocycles. The van der Waals surface area contributed by atoms with Crippen LogP contribution in [0, 0.1) is 5.92 Å². The second-order valence-electron chi connectivity index (χ2n) is 5.11. The minimum atomic E-state index is 0.265. The van der Waals surface area contributed by atoms with Gasteiger partial charge in [0.1, 0.15) is 5.75 Å². The van der Waals surface area contributed by atoms with E-state index in [0.717, 1.165) is 18.7 Å². The summed E-state index contributed by atoms with van der Waals surface area (Å²) >= 11 is 11.8. The molecule has 1 aromatic carbocycles. The van der Waals surface area contributed by atoms with Gasteiger partial charge in [0.2, 0.25) is 0 Å². The summed E-state index contributed by atoms with van der Waals surface area (Å²) in [6.45, 7) is 6.02. The van der Waals surface area contributed by atoms with Crippen molar-refractivity contribution in [1.29, 1.82) is 0 Å². The molecular formula is C15H17Cl2N3O. The molecule has 0 aliphatic rings. The van der Waals surface area contributed by atoms with Crippen molar-refractivity contribution in [2.75, 3.05) is 6.54 Å². The number of aromatic nitrogens is 2. The predicted molar refractivity (Wildman–Crippen MR) is 85.1 cm³/mol. The topological polar surface area (TPSA) is 47.0 Å². The summed E-state index contributed by atoms with van der Waals surface area (Å²) < 4.78 is 5.53. The average Bonchev–Trinajstić information content (AvgIpc) is 2.39. The maximum Gasteiger partial charge on any atom is 0.321 e. The zero-order chi connectivity index (χ0) is 15.2. The predicted octanol–water partition coefficient (Wildman–Crippen LogP) is 4.32. The third-order valence-electron chi connectivity index (χ3n) is 2.61. The van der Waals surface area contributed by atoms with Crippen LogP contribution >= 0.6 is 23.2 Å². The van der Waals surface area contributed by atoms with E-state index in [-0.39, 0.29) is 6.01 Å². The van der Waals surface area contributed by atoms with Crippen molar-refractivity contribution in [3.05, 3.63) is 46.2 Å². The number of ether oxygens (including phenoxy) is 1. The molecule has 112 valence electrons. The van der Waals surface area contributed by atoms with Crippen molar-refractivity contribution in [3.63, 3.8) is 0 Å². The smallest absolute Gasteiger partial charge is 0.321 e. The summed E-state index contributed by atoms with van der Waals surface area (Å²) in [6.07, 6.45) is 3.48. The first kappa shape index (κ1) is 16.0. The molecular weight excluding hydrogens is 309 g/mol. The highest BCUT2D eigenvalue weighted by Crippen LogP contribution is 2.26. The van der Waals surface area contributed by atoms with E-state index in [2.05, 4.69) is 29.1 Å². The number of halogens is 2. The minimum absolute atomic E-state index is 0.265. The van der Waals surface area contributed by atoms with Crippen LogP contribution in [0.15, 0.2) is 30.6 Å². The monoisotopic (exact) mass is 325 g/mol. The summed E-state index contributed by atoms with van der Waals surface area (Å²) in [5.41, 5.74) is 1.01. The fourth-order valence-corrected chi connectivity index (χ4v) is 2.19. The quantitative estimate of drug-likeness (QED) is 0.859. The lowest BCUT2D eigenvalue weighted by atomic mass is 10.2. The Morgan fingerprint density at radius 2 is 1.71 bits per heavy atom. The van der Waals surface area contributed by atoms with E-state index in [1.165, 1.54) is 0 Å². The lowest BCUT2D eigenvalue weighted by Crippen LogP contribution is -2.19. The number of nitrogens with one attached hydrogen (secondary N) is 1. The molecule has 0 radical (unpaired) electrons. The van der Waals surface area contributed by atoms with Crippen LogP contribution < -0.4 is 10.1 Å². The van der Waals surface area contributed by atoms with Crippen LogP contribution in [0.3, 0.4) is 0 Å². The van der Waals surface area contributed by atoms with E-state index in [0.29, 0.717) is 21.7 Å². The molecule has 0 spiro atoms. The standard InChI is InChI=1S/C15H17Cl2N3O/c1-10(2)6-18-7-11-8-19-15(20-9-11)21-14-4-12(16)3-13(17)5-14/h3-5,8-10,18H,6-7H2,1-2H3. The Morgan fingerprint density at radius 3 is 2.29 bits per heavy atom. The third-order valence-corrected chi connectivity index (χ3v) is 3.04. The Balaban J connectivity index is 1.95. The van der Waals surface area contributed by atoms with Gasteiger partial charge in [-0.3, -0.25) is 0 Å². The molecule has 0 atom stereocenters. The molecule has 2 rings (SSSR count). The highest BCUT2D eigenvalue weighted by Gasteiger charge is 2.04. The van der Waals surface area contributed by atoms with Gasteiger partial charge < -0.3 is 10.1 Å². The van der Waals surface area contributed by atoms with Gasteiger partial charge in [0.15, 0.2) is 0 Å². The molecule has 6 heteroatoms. The van der Waals surface area contributed by atoms with Crippen LogP contribution in [0.2, 0.25) is 10.0 Å². The first-order valence-electron chi connectivity index (χ1n) is 6.68. The Kier molecular flexibility index (Phi) is 5.79. The number of rotatable bonds is 6. The molecule has 21 heavy (non-hydrogen) atoms. The van der Waals surface area contributed by atoms with Gasteiger partial charge in [-0.25, -0.2) is 9.97 Å². The van der Waals surface area contributed by atoms with Crippen molar-refractivity contribution in [2.45, 2.75) is 20.4 Å². The molecule has 1 N–H and O–H groups in total. The number of benzene rings is 1. The second-order valence-corrected chi connectivity index (χ2v) is 5.98. The maximum absolute atomic E-state index is 5.91. The average molecular weight is 326 g/mol. The van der Waals surface area contributed by atoms with E-state index in [4.69, 9.17) is 27.9 Å². The number of hydrogen-bond donors (Lipinski definition) is 1. The Hall–Kier alpha value is -1.36. The minimum Gasteiger partial charge on any atom is -0.424 e. The van der Waals surface area contributed by atoms with Gasteiger partial charge in [0.25, 0.3) is 0 Å². The van der Waals surface area contributed by atoms with Crippen LogP contribution in [-0.4, -0.2) is 16.5 Å². The van der Waals surface area contributed by atoms with Gasteiger partial charge in [0.05, 0.1) is 0 Å². The van der Waals surface area contributed by atoms with Gasteiger partial charge in [0, 0.05) is 34.5 Å². The summed E-state index contributed by atoms with van der Waals surface area (Å²) in [4.78, 5) is 8.34. The molecule has 0 amide bonds. The lowest BCUT2D eigenvalue weighted by molar-refractivity contribution is 0.440. The first-order chi connectivity index (χ1) is 10.0. The highest BCUT2D eigenvalue weighted by molar-refractivity contribution is 6.34. The second kappa shape index (κ2) is 7.59. The van der Waals surface area contributed by atoms with Crippen molar-refractivity contribution in [3.8, 4) is 11.8 Å². The summed E-state index contributed by atoms with van der Waals surface area (Å²) in [5, 5.41) is 4.34. The Labute approximate surface area is 134 Å². The van der Waals surface area contributed by atoms with Crippen LogP contribution in [0.4, 0.5) is 0 Å². The molecule has 2 aromatic rings. The van der Waals surface area contributed by atoms with Crippen molar-refractivity contribution in [2.24, 2.45) is 5.92 Å². The van der Waals surface area contributed by atoms with Crippen LogP contribution in [0.25, 0.3) is 0 Å². The van der Waals surface area contributed by atoms with E-state index >= 15 is 0 Å². The van der Waals surface area contributed by atoms with Crippen LogP contribution in [0.5, 0.6) is 11.8 Å². The SMILES string of the molecule is CC(C)CNCc1cnc(Oc2cc(Cl)cc(Cl)c2)nc1. The summed E-state index contributed by atoms with van der Waals surface area (Å²) in [7, 11) is 0. The highest BCUT2D eigenvalue weighted by atomic mass is 35.5. The molecule has 1 heterocycles. The third kappa shape index (κ3) is 5.50. The molecule has 0 saturated carbocycles. The van der Waals surface area contributed by atoms with Crippen molar-refractivity contribution < 1.29 is 4.74 Å². The molecule has 0 unspecified atom stereocenters. The molecule has 0 aliphatic carbocycles. The number of hydrogen-bond acceptors (Lipinski definition) is 4. The molecule has 0 bridgehead atoms. The molecule has 0 saturated heterocycles. The van der Waals surface area contributed by atoms with Gasteiger partial charge in [-0.05, 0) is 30.7 Å². The maximum atomic E-state index is 5.91. The summed E-state index contributed by atoms with van der Waals surface area (Å²) in [5.74, 6) is 1.12. The largest absolute Gasteiger partial charge is 0.424 e. The van der Waals surface area contributed by atoms with E-state index in [9.17, 15) is 0 Å². The fourth-order valence-electron chi connectivity index (χ4n) is 1.68. The van der Waals surface area contributed by atoms with E-state index in [1.807, 2.05) is 0 Å². The van der Waals surface area contributed by atoms with Crippen molar-refractivity contribution in [1.82, 2.24) is 15.3 Å². The molecule has 4 nitrogen and oxygen atoms in total.